The van der Waals surface area contributed by atoms with Gasteiger partial charge in [-0.25, -0.2) is 9.97 Å². The van der Waals surface area contributed by atoms with Crippen molar-refractivity contribution < 1.29 is 4.79 Å². The number of benzene rings is 1. The molecule has 0 aliphatic carbocycles. The van der Waals surface area contributed by atoms with Gasteiger partial charge in [0.2, 0.25) is 5.91 Å². The minimum Gasteiger partial charge on any atom is -0.339 e. The number of nitrogens with one attached hydrogen (secondary N) is 1. The third kappa shape index (κ3) is 3.07. The Labute approximate surface area is 143 Å². The van der Waals surface area contributed by atoms with Gasteiger partial charge in [-0.05, 0) is 31.1 Å². The summed E-state index contributed by atoms with van der Waals surface area (Å²) in [5, 5.41) is 7.69. The predicted molar refractivity (Wildman–Crippen MR) is 93.6 cm³/mol. The summed E-state index contributed by atoms with van der Waals surface area (Å²) < 4.78 is 1.14. The first kappa shape index (κ1) is 15.0. The molecule has 0 bridgehead atoms. The normalized spacial score (nSPS) is 16.2. The van der Waals surface area contributed by atoms with Crippen LogP contribution >= 0.6 is 11.3 Å². The number of aromatic amines is 1. The van der Waals surface area contributed by atoms with E-state index >= 15 is 0 Å². The fourth-order valence-corrected chi connectivity index (χ4v) is 3.86. The number of aromatic nitrogens is 4. The number of nitrogens with zero attached hydrogens (tertiary/aromatic N) is 4. The Morgan fingerprint density at radius 1 is 1.29 bits per heavy atom. The Hall–Kier alpha value is -2.54. The van der Waals surface area contributed by atoms with Crippen LogP contribution in [0.4, 0.5) is 0 Å². The Morgan fingerprint density at radius 3 is 2.88 bits per heavy atom. The van der Waals surface area contributed by atoms with Gasteiger partial charge in [0, 0.05) is 25.1 Å². The number of para-hydroxylation sites is 1. The van der Waals surface area contributed by atoms with Gasteiger partial charge in [-0.15, -0.1) is 11.3 Å². The number of hydrogen-bond acceptors (Lipinski definition) is 5. The summed E-state index contributed by atoms with van der Waals surface area (Å²) in [5.41, 5.74) is 0.975. The summed E-state index contributed by atoms with van der Waals surface area (Å²) in [6.07, 6.45) is 6.81. The first-order chi connectivity index (χ1) is 11.8. The molecule has 122 valence electrons. The molecule has 0 unspecified atom stereocenters. The zero-order valence-electron chi connectivity index (χ0n) is 13.1. The molecule has 1 aromatic carbocycles. The van der Waals surface area contributed by atoms with Crippen molar-refractivity contribution in [3.8, 4) is 0 Å². The van der Waals surface area contributed by atoms with E-state index in [1.807, 2.05) is 35.2 Å². The fraction of sp³-hybridized carbons (Fsp3) is 0.294. The lowest BCUT2D eigenvalue weighted by atomic mass is 9.96. The Kier molecular flexibility index (Phi) is 4.08. The first-order valence-electron chi connectivity index (χ1n) is 7.97. The molecule has 1 fully saturated rings. The van der Waals surface area contributed by atoms with Crippen molar-refractivity contribution in [1.29, 1.82) is 0 Å². The van der Waals surface area contributed by atoms with Crippen LogP contribution in [0.2, 0.25) is 0 Å². The molecule has 1 amide bonds. The second-order valence-electron chi connectivity index (χ2n) is 5.82. The maximum atomic E-state index is 12.4. The molecular formula is C17H17N5OS. The van der Waals surface area contributed by atoms with Gasteiger partial charge in [0.05, 0.1) is 10.2 Å². The van der Waals surface area contributed by atoms with E-state index in [4.69, 9.17) is 0 Å². The van der Waals surface area contributed by atoms with Crippen molar-refractivity contribution >= 4 is 33.5 Å². The van der Waals surface area contributed by atoms with Gasteiger partial charge in [0.1, 0.15) is 17.2 Å². The molecule has 0 atom stereocenters. The second kappa shape index (κ2) is 6.52. The molecule has 0 saturated carbocycles. The van der Waals surface area contributed by atoms with Gasteiger partial charge in [0.25, 0.3) is 0 Å². The molecule has 1 saturated heterocycles. The Morgan fingerprint density at radius 2 is 2.12 bits per heavy atom. The van der Waals surface area contributed by atoms with Gasteiger partial charge in [0.15, 0.2) is 0 Å². The highest BCUT2D eigenvalue weighted by Crippen LogP contribution is 2.25. The summed E-state index contributed by atoms with van der Waals surface area (Å²) in [4.78, 5) is 23.0. The molecule has 1 N–H and O–H groups in total. The van der Waals surface area contributed by atoms with E-state index in [0.717, 1.165) is 47.0 Å². The molecule has 0 radical (unpaired) electrons. The molecule has 24 heavy (non-hydrogen) atoms. The Balaban J connectivity index is 1.38. The number of thiazole rings is 1. The largest absolute Gasteiger partial charge is 0.339 e. The minimum absolute atomic E-state index is 0.0466. The van der Waals surface area contributed by atoms with Crippen molar-refractivity contribution in [2.24, 2.45) is 0 Å². The fourth-order valence-electron chi connectivity index (χ4n) is 2.99. The number of carbonyl (C=O) groups is 1. The number of carbonyl (C=O) groups excluding carboxylic acids is 1. The summed E-state index contributed by atoms with van der Waals surface area (Å²) in [7, 11) is 0. The van der Waals surface area contributed by atoms with Gasteiger partial charge in [-0.1, -0.05) is 12.1 Å². The van der Waals surface area contributed by atoms with Crippen LogP contribution in [0.15, 0.2) is 36.7 Å². The third-order valence-electron chi connectivity index (χ3n) is 4.31. The molecule has 0 spiro atoms. The van der Waals surface area contributed by atoms with E-state index in [2.05, 4.69) is 20.2 Å². The number of H-pyrrole nitrogens is 1. The molecule has 2 aromatic heterocycles. The van der Waals surface area contributed by atoms with Crippen LogP contribution < -0.4 is 0 Å². The number of hydrogen-bond donors (Lipinski definition) is 1. The lowest BCUT2D eigenvalue weighted by Crippen LogP contribution is -2.37. The molecule has 7 heteroatoms. The standard InChI is InChI=1S/C17H17N5OS/c23-16(6-5-15-20-13-3-1-2-4-14(13)24-15)22-9-7-12(8-10-22)17-18-11-19-21-17/h1-6,11-12H,7-10H2,(H,18,19,21)/b6-5+. The van der Waals surface area contributed by atoms with Gasteiger partial charge in [-0.3, -0.25) is 9.89 Å². The number of rotatable bonds is 3. The monoisotopic (exact) mass is 339 g/mol. The van der Waals surface area contributed by atoms with Crippen LogP contribution in [0, 0.1) is 0 Å². The maximum absolute atomic E-state index is 12.4. The van der Waals surface area contributed by atoms with Crippen molar-refractivity contribution in [3.63, 3.8) is 0 Å². The van der Waals surface area contributed by atoms with Gasteiger partial charge in [-0.2, -0.15) is 5.10 Å². The third-order valence-corrected chi connectivity index (χ3v) is 5.31. The van der Waals surface area contributed by atoms with Crippen LogP contribution in [0.3, 0.4) is 0 Å². The van der Waals surface area contributed by atoms with E-state index in [0.29, 0.717) is 5.92 Å². The smallest absolute Gasteiger partial charge is 0.246 e. The lowest BCUT2D eigenvalue weighted by molar-refractivity contribution is -0.127. The maximum Gasteiger partial charge on any atom is 0.246 e. The average molecular weight is 339 g/mol. The summed E-state index contributed by atoms with van der Waals surface area (Å²) >= 11 is 1.60. The zero-order chi connectivity index (χ0) is 16.4. The number of piperidine rings is 1. The number of fused-ring (bicyclic) bond motifs is 1. The van der Waals surface area contributed by atoms with Crippen molar-refractivity contribution in [1.82, 2.24) is 25.1 Å². The highest BCUT2D eigenvalue weighted by molar-refractivity contribution is 7.19. The van der Waals surface area contributed by atoms with Crippen LogP contribution in [-0.2, 0) is 4.79 Å². The summed E-state index contributed by atoms with van der Waals surface area (Å²) in [6, 6.07) is 8.00. The molecule has 4 rings (SSSR count). The van der Waals surface area contributed by atoms with Crippen molar-refractivity contribution in [3.05, 3.63) is 47.5 Å². The van der Waals surface area contributed by atoms with E-state index in [-0.39, 0.29) is 5.91 Å². The van der Waals surface area contributed by atoms with Gasteiger partial charge < -0.3 is 4.90 Å². The predicted octanol–water partition coefficient (Wildman–Crippen LogP) is 2.83. The highest BCUT2D eigenvalue weighted by Gasteiger charge is 2.24. The molecule has 1 aliphatic rings. The molecule has 3 heterocycles. The second-order valence-corrected chi connectivity index (χ2v) is 6.89. The van der Waals surface area contributed by atoms with E-state index < -0.39 is 0 Å². The minimum atomic E-state index is 0.0466. The Bertz CT molecular complexity index is 829. The number of likely N-dealkylation sites (tertiary alicyclic amines) is 1. The van der Waals surface area contributed by atoms with Crippen LogP contribution in [-0.4, -0.2) is 44.1 Å². The van der Waals surface area contributed by atoms with Crippen LogP contribution in [0.25, 0.3) is 16.3 Å². The zero-order valence-corrected chi connectivity index (χ0v) is 13.9. The average Bonchev–Trinajstić information content (AvgIpc) is 3.29. The summed E-state index contributed by atoms with van der Waals surface area (Å²) in [6.45, 7) is 1.49. The SMILES string of the molecule is O=C(/C=C/c1nc2ccccc2s1)N1CCC(c2ncn[nH]2)CC1. The highest BCUT2D eigenvalue weighted by atomic mass is 32.1. The topological polar surface area (TPSA) is 74.8 Å². The van der Waals surface area contributed by atoms with E-state index in [9.17, 15) is 4.79 Å². The summed E-state index contributed by atoms with van der Waals surface area (Å²) in [5.74, 6) is 1.34. The van der Waals surface area contributed by atoms with Crippen LogP contribution in [0.5, 0.6) is 0 Å². The lowest BCUT2D eigenvalue weighted by Gasteiger charge is -2.30. The molecular weight excluding hydrogens is 322 g/mol. The molecule has 3 aromatic rings. The van der Waals surface area contributed by atoms with Crippen molar-refractivity contribution in [2.75, 3.05) is 13.1 Å². The van der Waals surface area contributed by atoms with Crippen LogP contribution in [0.1, 0.15) is 29.6 Å². The number of amides is 1. The first-order valence-corrected chi connectivity index (χ1v) is 8.79. The van der Waals surface area contributed by atoms with E-state index in [1.54, 1.807) is 17.4 Å². The van der Waals surface area contributed by atoms with E-state index in [1.165, 1.54) is 6.33 Å². The van der Waals surface area contributed by atoms with Crippen molar-refractivity contribution in [2.45, 2.75) is 18.8 Å². The quantitative estimate of drug-likeness (QED) is 0.745. The van der Waals surface area contributed by atoms with Gasteiger partial charge >= 0.3 is 0 Å². The molecule has 1 aliphatic heterocycles. The molecule has 6 nitrogen and oxygen atoms in total.